The molecule has 2 heterocycles. The topological polar surface area (TPSA) is 46.3 Å². The molecule has 18 heavy (non-hydrogen) atoms. The normalized spacial score (nSPS) is 30.8. The summed E-state index contributed by atoms with van der Waals surface area (Å²) in [6.07, 6.45) is 2.86. The largest absolute Gasteiger partial charge is 0.342 e. The predicted octanol–water partition coefficient (Wildman–Crippen LogP) is 2.25. The number of halogens is 1. The summed E-state index contributed by atoms with van der Waals surface area (Å²) in [6.45, 7) is 1.79. The SMILES string of the molecule is NC1CCC2CN(C(=O)Cc3ccc(Br)s3)CC12. The maximum atomic E-state index is 12.2. The summed E-state index contributed by atoms with van der Waals surface area (Å²) in [5, 5.41) is 0. The van der Waals surface area contributed by atoms with Crippen molar-refractivity contribution in [2.24, 2.45) is 17.6 Å². The lowest BCUT2D eigenvalue weighted by Crippen LogP contribution is -2.34. The van der Waals surface area contributed by atoms with E-state index in [4.69, 9.17) is 5.73 Å². The molecule has 2 N–H and O–H groups in total. The van der Waals surface area contributed by atoms with Crippen LogP contribution in [-0.4, -0.2) is 29.9 Å². The van der Waals surface area contributed by atoms with Crippen LogP contribution < -0.4 is 5.73 Å². The molecule has 2 fully saturated rings. The van der Waals surface area contributed by atoms with Gasteiger partial charge in [0, 0.05) is 24.0 Å². The van der Waals surface area contributed by atoms with Gasteiger partial charge in [-0.15, -0.1) is 11.3 Å². The van der Waals surface area contributed by atoms with Crippen LogP contribution in [0.5, 0.6) is 0 Å². The fourth-order valence-electron chi connectivity index (χ4n) is 3.22. The number of likely N-dealkylation sites (tertiary alicyclic amines) is 1. The fraction of sp³-hybridized carbons (Fsp3) is 0.615. The minimum Gasteiger partial charge on any atom is -0.342 e. The zero-order valence-electron chi connectivity index (χ0n) is 10.1. The maximum absolute atomic E-state index is 12.2. The van der Waals surface area contributed by atoms with Gasteiger partial charge >= 0.3 is 0 Å². The summed E-state index contributed by atoms with van der Waals surface area (Å²) in [4.78, 5) is 15.4. The summed E-state index contributed by atoms with van der Waals surface area (Å²) >= 11 is 5.07. The molecule has 3 nitrogen and oxygen atoms in total. The summed E-state index contributed by atoms with van der Waals surface area (Å²) in [5.41, 5.74) is 6.10. The van der Waals surface area contributed by atoms with Crippen molar-refractivity contribution in [3.63, 3.8) is 0 Å². The number of hydrogen-bond donors (Lipinski definition) is 1. The van der Waals surface area contributed by atoms with Gasteiger partial charge in [-0.3, -0.25) is 4.79 Å². The summed E-state index contributed by atoms with van der Waals surface area (Å²) < 4.78 is 1.09. The average molecular weight is 329 g/mol. The van der Waals surface area contributed by atoms with Gasteiger partial charge in [-0.1, -0.05) is 0 Å². The molecule has 1 amide bonds. The van der Waals surface area contributed by atoms with Gasteiger partial charge in [0.15, 0.2) is 0 Å². The summed E-state index contributed by atoms with van der Waals surface area (Å²) in [6, 6.07) is 4.33. The highest BCUT2D eigenvalue weighted by atomic mass is 79.9. The highest BCUT2D eigenvalue weighted by molar-refractivity contribution is 9.11. The molecule has 0 aromatic carbocycles. The van der Waals surface area contributed by atoms with Gasteiger partial charge in [0.25, 0.3) is 0 Å². The van der Waals surface area contributed by atoms with Gasteiger partial charge in [0.2, 0.25) is 5.91 Å². The van der Waals surface area contributed by atoms with Gasteiger partial charge in [0.1, 0.15) is 0 Å². The van der Waals surface area contributed by atoms with Crippen LogP contribution in [0.1, 0.15) is 17.7 Å². The van der Waals surface area contributed by atoms with Crippen molar-refractivity contribution in [3.05, 3.63) is 20.8 Å². The van der Waals surface area contributed by atoms with E-state index in [1.54, 1.807) is 11.3 Å². The van der Waals surface area contributed by atoms with Gasteiger partial charge in [0.05, 0.1) is 10.2 Å². The maximum Gasteiger partial charge on any atom is 0.227 e. The Morgan fingerprint density at radius 3 is 2.94 bits per heavy atom. The van der Waals surface area contributed by atoms with Crippen LogP contribution in [0.4, 0.5) is 0 Å². The molecular formula is C13H17BrN2OS. The van der Waals surface area contributed by atoms with Crippen LogP contribution in [0.15, 0.2) is 15.9 Å². The lowest BCUT2D eigenvalue weighted by atomic mass is 9.98. The number of thiophene rings is 1. The van der Waals surface area contributed by atoms with E-state index in [0.29, 0.717) is 24.3 Å². The molecule has 1 saturated carbocycles. The summed E-state index contributed by atoms with van der Waals surface area (Å²) in [5.74, 6) is 1.45. The van der Waals surface area contributed by atoms with Crippen molar-refractivity contribution in [2.45, 2.75) is 25.3 Å². The molecule has 1 aliphatic heterocycles. The quantitative estimate of drug-likeness (QED) is 0.905. The van der Waals surface area contributed by atoms with Crippen molar-refractivity contribution in [1.82, 2.24) is 4.90 Å². The Balaban J connectivity index is 1.61. The number of carbonyl (C=O) groups excluding carboxylic acids is 1. The molecule has 3 rings (SSSR count). The first-order chi connectivity index (χ1) is 8.63. The monoisotopic (exact) mass is 328 g/mol. The van der Waals surface area contributed by atoms with Gasteiger partial charge < -0.3 is 10.6 Å². The third-order valence-electron chi connectivity index (χ3n) is 4.22. The van der Waals surface area contributed by atoms with E-state index >= 15 is 0 Å². The van der Waals surface area contributed by atoms with Crippen molar-refractivity contribution in [2.75, 3.05) is 13.1 Å². The van der Waals surface area contributed by atoms with E-state index in [-0.39, 0.29) is 5.91 Å². The van der Waals surface area contributed by atoms with E-state index in [1.807, 2.05) is 17.0 Å². The van der Waals surface area contributed by atoms with Crippen LogP contribution in [0.3, 0.4) is 0 Å². The molecule has 1 saturated heterocycles. The Morgan fingerprint density at radius 1 is 1.44 bits per heavy atom. The Kier molecular flexibility index (Phi) is 3.47. The molecule has 3 atom stereocenters. The van der Waals surface area contributed by atoms with Crippen molar-refractivity contribution in [1.29, 1.82) is 0 Å². The molecule has 1 aromatic rings. The molecule has 5 heteroatoms. The minimum atomic E-state index is 0.256. The number of amides is 1. The second-order valence-electron chi connectivity index (χ2n) is 5.35. The predicted molar refractivity (Wildman–Crippen MR) is 76.5 cm³/mol. The number of fused-ring (bicyclic) bond motifs is 1. The molecule has 1 aromatic heterocycles. The number of nitrogens with zero attached hydrogens (tertiary/aromatic N) is 1. The first kappa shape index (κ1) is 12.6. The molecule has 2 aliphatic rings. The van der Waals surface area contributed by atoms with Gasteiger partial charge in [-0.25, -0.2) is 0 Å². The Hall–Kier alpha value is -0.390. The van der Waals surface area contributed by atoms with Crippen LogP contribution in [0, 0.1) is 11.8 Å². The second kappa shape index (κ2) is 4.94. The number of nitrogens with two attached hydrogens (primary N) is 1. The highest BCUT2D eigenvalue weighted by Gasteiger charge is 2.42. The van der Waals surface area contributed by atoms with E-state index in [2.05, 4.69) is 15.9 Å². The molecule has 98 valence electrons. The standard InChI is InChI=1S/C13H17BrN2OS/c14-12-4-2-9(18-12)5-13(17)16-6-8-1-3-11(15)10(8)7-16/h2,4,8,10-11H,1,3,5-7,15H2. The van der Waals surface area contributed by atoms with Gasteiger partial charge in [-0.2, -0.15) is 0 Å². The average Bonchev–Trinajstić information content (AvgIpc) is 2.98. The Morgan fingerprint density at radius 2 is 2.28 bits per heavy atom. The lowest BCUT2D eigenvalue weighted by molar-refractivity contribution is -0.129. The molecule has 1 aliphatic carbocycles. The lowest BCUT2D eigenvalue weighted by Gasteiger charge is -2.18. The van der Waals surface area contributed by atoms with Gasteiger partial charge in [-0.05, 0) is 52.7 Å². The van der Waals surface area contributed by atoms with Crippen molar-refractivity contribution in [3.8, 4) is 0 Å². The molecule has 0 radical (unpaired) electrons. The van der Waals surface area contributed by atoms with Crippen LogP contribution in [0.25, 0.3) is 0 Å². The van der Waals surface area contributed by atoms with E-state index < -0.39 is 0 Å². The fourth-order valence-corrected chi connectivity index (χ4v) is 4.69. The molecule has 3 unspecified atom stereocenters. The van der Waals surface area contributed by atoms with Crippen molar-refractivity contribution >= 4 is 33.2 Å². The van der Waals surface area contributed by atoms with Crippen LogP contribution in [-0.2, 0) is 11.2 Å². The van der Waals surface area contributed by atoms with E-state index in [9.17, 15) is 4.79 Å². The first-order valence-electron chi connectivity index (χ1n) is 6.41. The third kappa shape index (κ3) is 2.36. The highest BCUT2D eigenvalue weighted by Crippen LogP contribution is 2.37. The van der Waals surface area contributed by atoms with E-state index in [1.165, 1.54) is 6.42 Å². The zero-order chi connectivity index (χ0) is 12.7. The minimum absolute atomic E-state index is 0.256. The molecular weight excluding hydrogens is 312 g/mol. The van der Waals surface area contributed by atoms with Crippen LogP contribution in [0.2, 0.25) is 0 Å². The Bertz CT molecular complexity index is 462. The van der Waals surface area contributed by atoms with Crippen LogP contribution >= 0.6 is 27.3 Å². The third-order valence-corrected chi connectivity index (χ3v) is 5.84. The zero-order valence-corrected chi connectivity index (χ0v) is 12.5. The van der Waals surface area contributed by atoms with E-state index in [0.717, 1.165) is 28.2 Å². The number of rotatable bonds is 2. The molecule has 0 spiro atoms. The smallest absolute Gasteiger partial charge is 0.227 e. The summed E-state index contributed by atoms with van der Waals surface area (Å²) in [7, 11) is 0. The number of carbonyl (C=O) groups is 1. The first-order valence-corrected chi connectivity index (χ1v) is 8.02. The second-order valence-corrected chi connectivity index (χ2v) is 7.89. The Labute approximate surface area is 119 Å². The number of hydrogen-bond acceptors (Lipinski definition) is 3. The molecule has 0 bridgehead atoms. The van der Waals surface area contributed by atoms with Crippen molar-refractivity contribution < 1.29 is 4.79 Å².